The predicted octanol–water partition coefficient (Wildman–Crippen LogP) is 3.42. The molecule has 0 saturated carbocycles. The van der Waals surface area contributed by atoms with E-state index in [4.69, 9.17) is 4.43 Å². The summed E-state index contributed by atoms with van der Waals surface area (Å²) >= 11 is 0. The van der Waals surface area contributed by atoms with Gasteiger partial charge < -0.3 is 4.43 Å². The Morgan fingerprint density at radius 2 is 2.25 bits per heavy atom. The minimum absolute atomic E-state index is 0. The highest BCUT2D eigenvalue weighted by molar-refractivity contribution is 6.49. The Hall–Kier alpha value is -1.88. The molecule has 4 nitrogen and oxygen atoms in total. The number of aryl methyl sites for hydroxylation is 2. The van der Waals surface area contributed by atoms with Gasteiger partial charge in [-0.25, -0.2) is 0 Å². The van der Waals surface area contributed by atoms with Gasteiger partial charge in [0, 0.05) is 25.9 Å². The highest BCUT2D eigenvalue weighted by Crippen LogP contribution is 2.31. The van der Waals surface area contributed by atoms with E-state index in [1.165, 1.54) is 0 Å². The predicted molar refractivity (Wildman–Crippen MR) is 85.5 cm³/mol. The molecule has 2 rings (SSSR count). The lowest BCUT2D eigenvalue weighted by Crippen LogP contribution is -2.11. The van der Waals surface area contributed by atoms with Crippen LogP contribution in [0.1, 0.15) is 12.6 Å². The molecule has 1 aromatic carbocycles. The first-order valence-electron chi connectivity index (χ1n) is 6.64. The van der Waals surface area contributed by atoms with Crippen molar-refractivity contribution < 1.29 is 5.85 Å². The summed E-state index contributed by atoms with van der Waals surface area (Å²) in [5, 5.41) is 4.15. The zero-order valence-electron chi connectivity index (χ0n) is 13.4. The number of para-hydroxylation sites is 1. The van der Waals surface area contributed by atoms with Crippen molar-refractivity contribution in [3.63, 3.8) is 0 Å². The topological polar surface area (TPSA) is 39.4 Å². The average molecular weight is 287 g/mol. The molecular weight excluding hydrogens is 266 g/mol. The molecule has 0 unspecified atom stereocenters. The van der Waals surface area contributed by atoms with Crippen molar-refractivity contribution >= 4 is 20.9 Å². The van der Waals surface area contributed by atoms with Gasteiger partial charge in [0.1, 0.15) is 11.4 Å². The highest BCUT2D eigenvalue weighted by Gasteiger charge is 2.07. The molecule has 0 aliphatic carbocycles. The van der Waals surface area contributed by atoms with Gasteiger partial charge in [-0.05, 0) is 37.2 Å². The molecule has 0 fully saturated rings. The van der Waals surface area contributed by atoms with E-state index in [-0.39, 0.29) is 1.43 Å². The maximum absolute atomic E-state index is 5.90. The minimum Gasteiger partial charge on any atom is -0.541 e. The number of aromatic nitrogens is 2. The van der Waals surface area contributed by atoms with E-state index >= 15 is 0 Å². The third-order valence-corrected chi connectivity index (χ3v) is 3.45. The van der Waals surface area contributed by atoms with Crippen molar-refractivity contribution in [1.29, 1.82) is 0 Å². The SMILES string of the molecule is Cc1cccc(O[Si](C)C)c1N=CCc1cnn(C)c1.[H+]. The molecule has 0 atom stereocenters. The Bertz CT molecular complexity index is 611. The summed E-state index contributed by atoms with van der Waals surface area (Å²) in [5.74, 6) is 0.881. The molecule has 20 heavy (non-hydrogen) atoms. The normalized spacial score (nSPS) is 11.4. The van der Waals surface area contributed by atoms with E-state index in [0.717, 1.165) is 29.0 Å². The second kappa shape index (κ2) is 6.52. The lowest BCUT2D eigenvalue weighted by atomic mass is 10.2. The largest absolute Gasteiger partial charge is 1.00 e. The molecular formula is C15H21N3OSi+. The van der Waals surface area contributed by atoms with Gasteiger partial charge in [-0.15, -0.1) is 0 Å². The van der Waals surface area contributed by atoms with Gasteiger partial charge in [-0.3, -0.25) is 9.67 Å². The van der Waals surface area contributed by atoms with Crippen LogP contribution in [0.2, 0.25) is 13.1 Å². The minimum atomic E-state index is -0.786. The average Bonchev–Trinajstić information content (AvgIpc) is 2.78. The van der Waals surface area contributed by atoms with E-state index in [1.807, 2.05) is 37.8 Å². The van der Waals surface area contributed by atoms with Crippen LogP contribution in [0, 0.1) is 6.92 Å². The third kappa shape index (κ3) is 3.80. The maximum atomic E-state index is 5.90. The van der Waals surface area contributed by atoms with Crippen LogP contribution in [0.25, 0.3) is 0 Å². The molecule has 0 N–H and O–H groups in total. The fourth-order valence-corrected chi connectivity index (χ4v) is 2.52. The molecule has 0 amide bonds. The summed E-state index contributed by atoms with van der Waals surface area (Å²) in [7, 11) is 1.13. The summed E-state index contributed by atoms with van der Waals surface area (Å²) in [6, 6.07) is 6.05. The van der Waals surface area contributed by atoms with Crippen LogP contribution in [-0.4, -0.2) is 25.0 Å². The van der Waals surface area contributed by atoms with Gasteiger partial charge in [0.15, 0.2) is 0 Å². The lowest BCUT2D eigenvalue weighted by Gasteiger charge is -2.12. The fourth-order valence-electron chi connectivity index (χ4n) is 1.92. The second-order valence-electron chi connectivity index (χ2n) is 4.97. The van der Waals surface area contributed by atoms with Crippen molar-refractivity contribution in [2.24, 2.45) is 12.0 Å². The van der Waals surface area contributed by atoms with Gasteiger partial charge in [0.2, 0.25) is 0 Å². The van der Waals surface area contributed by atoms with Crippen LogP contribution in [0.15, 0.2) is 35.6 Å². The van der Waals surface area contributed by atoms with E-state index in [2.05, 4.69) is 36.2 Å². The zero-order chi connectivity index (χ0) is 14.5. The quantitative estimate of drug-likeness (QED) is 0.624. The van der Waals surface area contributed by atoms with Gasteiger partial charge in [0.05, 0.1) is 6.20 Å². The van der Waals surface area contributed by atoms with Crippen LogP contribution >= 0.6 is 0 Å². The molecule has 1 aromatic heterocycles. The Balaban J connectivity index is 0.00000220. The molecule has 2 aromatic rings. The van der Waals surface area contributed by atoms with E-state index in [0.29, 0.717) is 0 Å². The summed E-state index contributed by atoms with van der Waals surface area (Å²) < 4.78 is 7.70. The van der Waals surface area contributed by atoms with Crippen molar-refractivity contribution in [2.75, 3.05) is 0 Å². The first kappa shape index (κ1) is 14.5. The Morgan fingerprint density at radius 1 is 1.45 bits per heavy atom. The first-order chi connectivity index (χ1) is 9.56. The Kier molecular flexibility index (Phi) is 4.73. The molecule has 1 heterocycles. The second-order valence-corrected chi connectivity index (χ2v) is 6.99. The van der Waals surface area contributed by atoms with Crippen molar-refractivity contribution in [3.8, 4) is 5.75 Å². The van der Waals surface area contributed by atoms with Crippen molar-refractivity contribution in [1.82, 2.24) is 9.78 Å². The van der Waals surface area contributed by atoms with Crippen molar-refractivity contribution in [2.45, 2.75) is 26.4 Å². The molecule has 0 spiro atoms. The number of hydrogen-bond donors (Lipinski definition) is 0. The first-order valence-corrected chi connectivity index (χ1v) is 9.05. The molecule has 0 saturated heterocycles. The van der Waals surface area contributed by atoms with E-state index in [9.17, 15) is 0 Å². The smallest absolute Gasteiger partial charge is 0.541 e. The summed E-state index contributed by atoms with van der Waals surface area (Å²) in [6.45, 7) is 6.30. The molecule has 5 heteroatoms. The standard InChI is InChI=1S/C15H20N3OSi/c1-12-6-5-7-14(19-20(3)4)15(12)16-9-8-13-10-17-18(2)11-13/h5-7,9-11H,8H2,1-4H3/p+1. The van der Waals surface area contributed by atoms with Crippen LogP contribution in [-0.2, 0) is 13.5 Å². The van der Waals surface area contributed by atoms with E-state index < -0.39 is 9.04 Å². The number of aliphatic imine (C=N–C) groups is 1. The number of rotatable bonds is 5. The molecule has 105 valence electrons. The Morgan fingerprint density at radius 3 is 2.90 bits per heavy atom. The van der Waals surface area contributed by atoms with Crippen LogP contribution in [0.3, 0.4) is 0 Å². The van der Waals surface area contributed by atoms with Gasteiger partial charge in [-0.1, -0.05) is 12.1 Å². The summed E-state index contributed by atoms with van der Waals surface area (Å²) in [4.78, 5) is 4.59. The molecule has 0 bridgehead atoms. The monoisotopic (exact) mass is 287 g/mol. The molecule has 0 aliphatic heterocycles. The maximum Gasteiger partial charge on any atom is 1.00 e. The number of nitrogens with zero attached hydrogens (tertiary/aromatic N) is 3. The van der Waals surface area contributed by atoms with Gasteiger partial charge in [0.25, 0.3) is 9.04 Å². The van der Waals surface area contributed by atoms with Gasteiger partial charge >= 0.3 is 1.43 Å². The van der Waals surface area contributed by atoms with Crippen LogP contribution in [0.5, 0.6) is 5.75 Å². The Labute approximate surface area is 123 Å². The van der Waals surface area contributed by atoms with Crippen molar-refractivity contribution in [3.05, 3.63) is 41.7 Å². The number of hydrogen-bond acceptors (Lipinski definition) is 3. The molecule has 1 radical (unpaired) electrons. The van der Waals surface area contributed by atoms with Gasteiger partial charge in [-0.2, -0.15) is 5.10 Å². The zero-order valence-corrected chi connectivity index (χ0v) is 13.4. The fraction of sp³-hybridized carbons (Fsp3) is 0.333. The van der Waals surface area contributed by atoms with E-state index in [1.54, 1.807) is 4.68 Å². The number of benzene rings is 1. The summed E-state index contributed by atoms with van der Waals surface area (Å²) in [6.07, 6.45) is 6.56. The lowest BCUT2D eigenvalue weighted by molar-refractivity contribution is 0.581. The highest BCUT2D eigenvalue weighted by atomic mass is 28.3. The van der Waals surface area contributed by atoms with Crippen LogP contribution in [0.4, 0.5) is 5.69 Å². The molecule has 0 aliphatic rings. The van der Waals surface area contributed by atoms with Crippen LogP contribution < -0.4 is 4.43 Å². The summed E-state index contributed by atoms with van der Waals surface area (Å²) in [5.41, 5.74) is 3.22. The third-order valence-electron chi connectivity index (χ3n) is 2.82.